The van der Waals surface area contributed by atoms with Crippen LogP contribution in [0.25, 0.3) is 0 Å². The third kappa shape index (κ3) is 5.17. The van der Waals surface area contributed by atoms with Crippen LogP contribution >= 0.6 is 0 Å². The number of aromatic nitrogens is 3. The number of ether oxygens (including phenoxy) is 1. The quantitative estimate of drug-likeness (QED) is 0.662. The highest BCUT2D eigenvalue weighted by molar-refractivity contribution is 5.60. The third-order valence-electron chi connectivity index (χ3n) is 3.56. The molecule has 6 heteroatoms. The van der Waals surface area contributed by atoms with Gasteiger partial charge in [0, 0.05) is 30.7 Å². The van der Waals surface area contributed by atoms with Crippen molar-refractivity contribution >= 4 is 17.3 Å². The Balaban J connectivity index is 1.67. The van der Waals surface area contributed by atoms with Crippen molar-refractivity contribution in [2.45, 2.75) is 33.4 Å². The monoisotopic (exact) mass is 349 g/mol. The molecule has 2 heterocycles. The van der Waals surface area contributed by atoms with Crippen molar-refractivity contribution in [3.63, 3.8) is 0 Å². The zero-order chi connectivity index (χ0) is 18.4. The van der Waals surface area contributed by atoms with Gasteiger partial charge in [0.05, 0.1) is 6.10 Å². The Morgan fingerprint density at radius 2 is 1.65 bits per heavy atom. The molecule has 0 aliphatic carbocycles. The lowest BCUT2D eigenvalue weighted by Gasteiger charge is -2.12. The highest BCUT2D eigenvalue weighted by Gasteiger charge is 2.04. The average Bonchev–Trinajstić information content (AvgIpc) is 2.62. The van der Waals surface area contributed by atoms with Gasteiger partial charge in [0.1, 0.15) is 23.2 Å². The highest BCUT2D eigenvalue weighted by atomic mass is 16.5. The molecule has 26 heavy (non-hydrogen) atoms. The molecule has 0 spiro atoms. The standard InChI is InChI=1S/C20H23N5O/c1-14(2)26-18-6-4-17(5-7-18)25-20-12-19(23-15(3)24-20)22-13-16-8-10-21-11-9-16/h4-12,14H,13H2,1-3H3,(H2,22,23,24,25). The molecule has 3 rings (SSSR count). The van der Waals surface area contributed by atoms with Crippen molar-refractivity contribution in [1.82, 2.24) is 15.0 Å². The normalized spacial score (nSPS) is 10.6. The predicted molar refractivity (Wildman–Crippen MR) is 104 cm³/mol. The van der Waals surface area contributed by atoms with Crippen LogP contribution in [0, 0.1) is 6.92 Å². The Morgan fingerprint density at radius 3 is 2.35 bits per heavy atom. The molecule has 3 aromatic rings. The van der Waals surface area contributed by atoms with Gasteiger partial charge < -0.3 is 15.4 Å². The van der Waals surface area contributed by atoms with Crippen LogP contribution in [-0.4, -0.2) is 21.1 Å². The summed E-state index contributed by atoms with van der Waals surface area (Å²) in [4.78, 5) is 12.9. The molecule has 0 radical (unpaired) electrons. The van der Waals surface area contributed by atoms with Gasteiger partial charge >= 0.3 is 0 Å². The smallest absolute Gasteiger partial charge is 0.136 e. The molecule has 1 aromatic carbocycles. The number of benzene rings is 1. The van der Waals surface area contributed by atoms with Gasteiger partial charge in [-0.2, -0.15) is 0 Å². The van der Waals surface area contributed by atoms with Gasteiger partial charge in [-0.15, -0.1) is 0 Å². The first-order valence-electron chi connectivity index (χ1n) is 8.61. The summed E-state index contributed by atoms with van der Waals surface area (Å²) in [6.07, 6.45) is 3.72. The highest BCUT2D eigenvalue weighted by Crippen LogP contribution is 2.21. The fourth-order valence-electron chi connectivity index (χ4n) is 2.45. The first kappa shape index (κ1) is 17.7. The van der Waals surface area contributed by atoms with Crippen molar-refractivity contribution in [3.05, 3.63) is 66.2 Å². The number of pyridine rings is 1. The minimum Gasteiger partial charge on any atom is -0.491 e. The van der Waals surface area contributed by atoms with Gasteiger partial charge in [0.15, 0.2) is 0 Å². The van der Waals surface area contributed by atoms with E-state index in [9.17, 15) is 0 Å². The fourth-order valence-corrected chi connectivity index (χ4v) is 2.45. The first-order valence-corrected chi connectivity index (χ1v) is 8.61. The Labute approximate surface area is 153 Å². The molecule has 0 amide bonds. The van der Waals surface area contributed by atoms with E-state index >= 15 is 0 Å². The fraction of sp³-hybridized carbons (Fsp3) is 0.250. The average molecular weight is 349 g/mol. The summed E-state index contributed by atoms with van der Waals surface area (Å²) in [7, 11) is 0. The molecule has 0 aliphatic heterocycles. The molecular weight excluding hydrogens is 326 g/mol. The lowest BCUT2D eigenvalue weighted by Crippen LogP contribution is -2.06. The number of hydrogen-bond acceptors (Lipinski definition) is 6. The molecule has 0 saturated heterocycles. The van der Waals surface area contributed by atoms with Crippen molar-refractivity contribution in [2.24, 2.45) is 0 Å². The van der Waals surface area contributed by atoms with Gasteiger partial charge in [0.2, 0.25) is 0 Å². The number of hydrogen-bond donors (Lipinski definition) is 2. The van der Waals surface area contributed by atoms with Crippen LogP contribution < -0.4 is 15.4 Å². The third-order valence-corrected chi connectivity index (χ3v) is 3.56. The Bertz CT molecular complexity index is 835. The number of aryl methyl sites for hydroxylation is 1. The SMILES string of the molecule is Cc1nc(NCc2ccncc2)cc(Nc2ccc(OC(C)C)cc2)n1. The summed E-state index contributed by atoms with van der Waals surface area (Å²) in [5, 5.41) is 6.63. The van der Waals surface area contributed by atoms with Crippen molar-refractivity contribution in [3.8, 4) is 5.75 Å². The molecule has 2 N–H and O–H groups in total. The second-order valence-electron chi connectivity index (χ2n) is 6.21. The van der Waals surface area contributed by atoms with E-state index < -0.39 is 0 Å². The maximum absolute atomic E-state index is 5.66. The molecule has 0 bridgehead atoms. The summed E-state index contributed by atoms with van der Waals surface area (Å²) in [6.45, 7) is 6.58. The molecule has 0 unspecified atom stereocenters. The van der Waals surface area contributed by atoms with Gasteiger partial charge in [-0.1, -0.05) is 0 Å². The van der Waals surface area contributed by atoms with E-state index in [1.54, 1.807) is 12.4 Å². The molecule has 0 fully saturated rings. The second-order valence-corrected chi connectivity index (χ2v) is 6.21. The van der Waals surface area contributed by atoms with Gasteiger partial charge in [0.25, 0.3) is 0 Å². The maximum Gasteiger partial charge on any atom is 0.136 e. The van der Waals surface area contributed by atoms with E-state index in [1.807, 2.05) is 63.2 Å². The largest absolute Gasteiger partial charge is 0.491 e. The summed E-state index contributed by atoms with van der Waals surface area (Å²) in [5.41, 5.74) is 2.09. The van der Waals surface area contributed by atoms with E-state index in [0.29, 0.717) is 12.4 Å². The molecule has 134 valence electrons. The first-order chi connectivity index (χ1) is 12.6. The Morgan fingerprint density at radius 1 is 0.962 bits per heavy atom. The lowest BCUT2D eigenvalue weighted by molar-refractivity contribution is 0.242. The van der Waals surface area contributed by atoms with E-state index in [4.69, 9.17) is 4.74 Å². The van der Waals surface area contributed by atoms with Gasteiger partial charge in [-0.25, -0.2) is 9.97 Å². The van der Waals surface area contributed by atoms with E-state index in [-0.39, 0.29) is 6.10 Å². The van der Waals surface area contributed by atoms with Crippen LogP contribution in [0.2, 0.25) is 0 Å². The van der Waals surface area contributed by atoms with Crippen LogP contribution in [0.4, 0.5) is 17.3 Å². The topological polar surface area (TPSA) is 72.0 Å². The van der Waals surface area contributed by atoms with Crippen molar-refractivity contribution in [2.75, 3.05) is 10.6 Å². The van der Waals surface area contributed by atoms with Crippen LogP contribution in [-0.2, 0) is 6.54 Å². The number of nitrogens with one attached hydrogen (secondary N) is 2. The molecule has 2 aromatic heterocycles. The molecule has 0 aliphatic rings. The zero-order valence-corrected chi connectivity index (χ0v) is 15.2. The Kier molecular flexibility index (Phi) is 5.63. The summed E-state index contributed by atoms with van der Waals surface area (Å²) >= 11 is 0. The van der Waals surface area contributed by atoms with Gasteiger partial charge in [-0.3, -0.25) is 4.98 Å². The molecule has 0 saturated carbocycles. The van der Waals surface area contributed by atoms with Crippen LogP contribution in [0.3, 0.4) is 0 Å². The lowest BCUT2D eigenvalue weighted by atomic mass is 10.2. The zero-order valence-electron chi connectivity index (χ0n) is 15.2. The van der Waals surface area contributed by atoms with Crippen molar-refractivity contribution < 1.29 is 4.74 Å². The number of anilines is 3. The van der Waals surface area contributed by atoms with Gasteiger partial charge in [-0.05, 0) is 62.7 Å². The molecule has 6 nitrogen and oxygen atoms in total. The maximum atomic E-state index is 5.66. The number of rotatable bonds is 7. The minimum atomic E-state index is 0.160. The van der Waals surface area contributed by atoms with E-state index in [0.717, 1.165) is 28.6 Å². The molecule has 0 atom stereocenters. The summed E-state index contributed by atoms with van der Waals surface area (Å²) in [6, 6.07) is 13.7. The van der Waals surface area contributed by atoms with E-state index in [2.05, 4.69) is 25.6 Å². The van der Waals surface area contributed by atoms with E-state index in [1.165, 1.54) is 0 Å². The summed E-state index contributed by atoms with van der Waals surface area (Å²) in [5.74, 6) is 3.07. The van der Waals surface area contributed by atoms with Crippen LogP contribution in [0.15, 0.2) is 54.9 Å². The van der Waals surface area contributed by atoms with Crippen LogP contribution in [0.1, 0.15) is 25.2 Å². The Hall–Kier alpha value is -3.15. The second kappa shape index (κ2) is 8.29. The predicted octanol–water partition coefficient (Wildman–Crippen LogP) is 4.32. The number of nitrogens with zero attached hydrogens (tertiary/aromatic N) is 3. The summed E-state index contributed by atoms with van der Waals surface area (Å²) < 4.78 is 5.66. The molecular formula is C20H23N5O. The van der Waals surface area contributed by atoms with Crippen LogP contribution in [0.5, 0.6) is 5.75 Å². The van der Waals surface area contributed by atoms with Crippen molar-refractivity contribution in [1.29, 1.82) is 0 Å². The minimum absolute atomic E-state index is 0.160.